The smallest absolute Gasteiger partial charge is 0.258 e. The Labute approximate surface area is 148 Å². The molecule has 2 amide bonds. The lowest BCUT2D eigenvalue weighted by molar-refractivity contribution is -0.127. The number of hydrogen-bond acceptors (Lipinski definition) is 5. The van der Waals surface area contributed by atoms with Crippen molar-refractivity contribution in [2.24, 2.45) is 5.41 Å². The van der Waals surface area contributed by atoms with Crippen LogP contribution in [0, 0.1) is 5.41 Å². The van der Waals surface area contributed by atoms with Crippen molar-refractivity contribution in [2.45, 2.75) is 12.8 Å². The van der Waals surface area contributed by atoms with Crippen LogP contribution < -0.4 is 20.7 Å². The lowest BCUT2D eigenvalue weighted by Crippen LogP contribution is -2.49. The number of ether oxygens (including phenoxy) is 2. The zero-order valence-corrected chi connectivity index (χ0v) is 14.7. The second kappa shape index (κ2) is 10.0. The molecule has 0 saturated carbocycles. The number of carbonyl (C=O) groups is 2. The first-order valence-corrected chi connectivity index (χ1v) is 8.54. The number of nitrogens with one attached hydrogen (secondary N) is 3. The first kappa shape index (κ1) is 19.2. The summed E-state index contributed by atoms with van der Waals surface area (Å²) in [6.45, 7) is 2.85. The molecule has 0 spiro atoms. The Morgan fingerprint density at radius 2 is 1.84 bits per heavy atom. The number of benzene rings is 1. The molecule has 25 heavy (non-hydrogen) atoms. The van der Waals surface area contributed by atoms with Crippen LogP contribution in [-0.2, 0) is 14.3 Å². The molecular formula is C18H27N3O4. The van der Waals surface area contributed by atoms with Gasteiger partial charge in [0.1, 0.15) is 5.75 Å². The van der Waals surface area contributed by atoms with Crippen LogP contribution >= 0.6 is 0 Å². The average Bonchev–Trinajstić information content (AvgIpc) is 2.65. The van der Waals surface area contributed by atoms with E-state index >= 15 is 0 Å². The van der Waals surface area contributed by atoms with E-state index in [0.29, 0.717) is 18.9 Å². The van der Waals surface area contributed by atoms with Gasteiger partial charge in [-0.2, -0.15) is 0 Å². The van der Waals surface area contributed by atoms with Gasteiger partial charge in [-0.15, -0.1) is 0 Å². The third-order valence-corrected chi connectivity index (χ3v) is 4.33. The van der Waals surface area contributed by atoms with Crippen LogP contribution in [0.1, 0.15) is 12.8 Å². The fraction of sp³-hybridized carbons (Fsp3) is 0.556. The maximum atomic E-state index is 12.0. The highest BCUT2D eigenvalue weighted by molar-refractivity contribution is 5.85. The van der Waals surface area contributed by atoms with Gasteiger partial charge in [0.05, 0.1) is 13.2 Å². The monoisotopic (exact) mass is 349 g/mol. The van der Waals surface area contributed by atoms with Gasteiger partial charge in [0.2, 0.25) is 5.91 Å². The summed E-state index contributed by atoms with van der Waals surface area (Å²) in [5, 5.41) is 8.78. The van der Waals surface area contributed by atoms with Crippen LogP contribution in [0.5, 0.6) is 5.75 Å². The van der Waals surface area contributed by atoms with Crippen molar-refractivity contribution in [3.63, 3.8) is 0 Å². The number of carbonyl (C=O) groups excluding carboxylic acids is 2. The fourth-order valence-electron chi connectivity index (χ4n) is 2.88. The predicted molar refractivity (Wildman–Crippen MR) is 94.4 cm³/mol. The molecule has 1 fully saturated rings. The molecule has 3 N–H and O–H groups in total. The molecule has 2 rings (SSSR count). The molecule has 7 heteroatoms. The van der Waals surface area contributed by atoms with E-state index in [1.165, 1.54) is 0 Å². The molecule has 1 aromatic rings. The average molecular weight is 349 g/mol. The molecule has 1 aliphatic heterocycles. The number of amides is 2. The quantitative estimate of drug-likeness (QED) is 0.597. The number of hydrogen-bond donors (Lipinski definition) is 3. The zero-order valence-electron chi connectivity index (χ0n) is 14.7. The maximum absolute atomic E-state index is 12.0. The van der Waals surface area contributed by atoms with Crippen LogP contribution in [0.15, 0.2) is 30.3 Å². The van der Waals surface area contributed by atoms with Crippen LogP contribution in [0.2, 0.25) is 0 Å². The lowest BCUT2D eigenvalue weighted by Gasteiger charge is -2.37. The molecule has 0 bridgehead atoms. The van der Waals surface area contributed by atoms with Crippen molar-refractivity contribution in [3.05, 3.63) is 30.3 Å². The highest BCUT2D eigenvalue weighted by Crippen LogP contribution is 2.28. The predicted octanol–water partition coefficient (Wildman–Crippen LogP) is 0.314. The highest BCUT2D eigenvalue weighted by Gasteiger charge is 2.32. The summed E-state index contributed by atoms with van der Waals surface area (Å²) in [5.74, 6) is 0.0871. The summed E-state index contributed by atoms with van der Waals surface area (Å²) in [6, 6.07) is 9.08. The summed E-state index contributed by atoms with van der Waals surface area (Å²) < 4.78 is 10.7. The molecule has 0 atom stereocenters. The van der Waals surface area contributed by atoms with Gasteiger partial charge in [-0.05, 0) is 38.1 Å². The Hall–Kier alpha value is -2.12. The van der Waals surface area contributed by atoms with Gasteiger partial charge in [0.25, 0.3) is 5.91 Å². The minimum absolute atomic E-state index is 0.0317. The fourth-order valence-corrected chi connectivity index (χ4v) is 2.88. The lowest BCUT2D eigenvalue weighted by atomic mass is 9.79. The van der Waals surface area contributed by atoms with Crippen LogP contribution in [0.3, 0.4) is 0 Å². The van der Waals surface area contributed by atoms with Crippen LogP contribution in [0.4, 0.5) is 0 Å². The van der Waals surface area contributed by atoms with Crippen molar-refractivity contribution in [1.29, 1.82) is 0 Å². The first-order chi connectivity index (χ1) is 12.1. The Kier molecular flexibility index (Phi) is 7.69. The highest BCUT2D eigenvalue weighted by atomic mass is 16.5. The van der Waals surface area contributed by atoms with E-state index in [1.807, 2.05) is 18.2 Å². The second-order valence-corrected chi connectivity index (χ2v) is 6.34. The van der Waals surface area contributed by atoms with E-state index in [4.69, 9.17) is 9.47 Å². The zero-order chi connectivity index (χ0) is 18.0. The second-order valence-electron chi connectivity index (χ2n) is 6.34. The SMILES string of the molecule is COCC1(CNC(=O)CNC(=O)COc2ccccc2)CCNCC1. The standard InChI is InChI=1S/C18H27N3O4/c1-24-14-18(7-9-19-10-8-18)13-21-16(22)11-20-17(23)12-25-15-5-3-2-4-6-15/h2-6,19H,7-14H2,1H3,(H,20,23)(H,21,22). The van der Waals surface area contributed by atoms with Gasteiger partial charge < -0.3 is 25.4 Å². The van der Waals surface area contributed by atoms with E-state index in [0.717, 1.165) is 25.9 Å². The number of piperidine rings is 1. The first-order valence-electron chi connectivity index (χ1n) is 8.54. The van der Waals surface area contributed by atoms with Crippen LogP contribution in [-0.4, -0.2) is 58.3 Å². The summed E-state index contributed by atoms with van der Waals surface area (Å²) in [4.78, 5) is 23.7. The third-order valence-electron chi connectivity index (χ3n) is 4.33. The number of para-hydroxylation sites is 1. The van der Waals surface area contributed by atoms with E-state index in [-0.39, 0.29) is 30.4 Å². The van der Waals surface area contributed by atoms with E-state index in [2.05, 4.69) is 16.0 Å². The minimum Gasteiger partial charge on any atom is -0.484 e. The van der Waals surface area contributed by atoms with Crippen molar-refractivity contribution >= 4 is 11.8 Å². The summed E-state index contributed by atoms with van der Waals surface area (Å²) in [6.07, 6.45) is 1.91. The van der Waals surface area contributed by atoms with E-state index < -0.39 is 0 Å². The van der Waals surface area contributed by atoms with Gasteiger partial charge in [-0.1, -0.05) is 18.2 Å². The largest absolute Gasteiger partial charge is 0.484 e. The molecule has 0 radical (unpaired) electrons. The van der Waals surface area contributed by atoms with Crippen molar-refractivity contribution in [1.82, 2.24) is 16.0 Å². The van der Waals surface area contributed by atoms with Crippen LogP contribution in [0.25, 0.3) is 0 Å². The van der Waals surface area contributed by atoms with Gasteiger partial charge in [0.15, 0.2) is 6.61 Å². The van der Waals surface area contributed by atoms with Crippen molar-refractivity contribution in [3.8, 4) is 5.75 Å². The molecule has 7 nitrogen and oxygen atoms in total. The van der Waals surface area contributed by atoms with Crippen molar-refractivity contribution < 1.29 is 19.1 Å². The molecule has 138 valence electrons. The summed E-state index contributed by atoms with van der Waals surface area (Å²) >= 11 is 0. The summed E-state index contributed by atoms with van der Waals surface area (Å²) in [5.41, 5.74) is -0.0317. The molecule has 0 unspecified atom stereocenters. The van der Waals surface area contributed by atoms with E-state index in [1.54, 1.807) is 19.2 Å². The Morgan fingerprint density at radius 1 is 1.12 bits per heavy atom. The van der Waals surface area contributed by atoms with Crippen molar-refractivity contribution in [2.75, 3.05) is 46.5 Å². The molecular weight excluding hydrogens is 322 g/mol. The molecule has 0 aromatic heterocycles. The molecule has 1 aromatic carbocycles. The Balaban J connectivity index is 1.66. The van der Waals surface area contributed by atoms with Gasteiger partial charge in [-0.25, -0.2) is 0 Å². The molecule has 0 aliphatic carbocycles. The number of rotatable bonds is 9. The Bertz CT molecular complexity index is 539. The summed E-state index contributed by atoms with van der Waals surface area (Å²) in [7, 11) is 1.68. The maximum Gasteiger partial charge on any atom is 0.258 e. The molecule has 1 aliphatic rings. The van der Waals surface area contributed by atoms with Gasteiger partial charge in [0, 0.05) is 19.1 Å². The minimum atomic E-state index is -0.326. The molecule has 1 saturated heterocycles. The van der Waals surface area contributed by atoms with Gasteiger partial charge >= 0.3 is 0 Å². The third kappa shape index (κ3) is 6.72. The molecule has 1 heterocycles. The normalized spacial score (nSPS) is 16.0. The van der Waals surface area contributed by atoms with Gasteiger partial charge in [-0.3, -0.25) is 9.59 Å². The Morgan fingerprint density at radius 3 is 2.52 bits per heavy atom. The number of methoxy groups -OCH3 is 1. The van der Waals surface area contributed by atoms with E-state index in [9.17, 15) is 9.59 Å². The topological polar surface area (TPSA) is 88.7 Å².